The van der Waals surface area contributed by atoms with Crippen LogP contribution in [0.3, 0.4) is 0 Å². The minimum Gasteiger partial charge on any atom is -0.253 e. The monoisotopic (exact) mass is 603 g/mol. The number of hydrogen-bond donors (Lipinski definition) is 0. The number of aromatic nitrogens is 3. The topological polar surface area (TPSA) is 38.7 Å². The Morgan fingerprint density at radius 1 is 0.426 bits per heavy atom. The molecule has 2 aromatic heterocycles. The van der Waals surface area contributed by atoms with Gasteiger partial charge < -0.3 is 0 Å². The maximum Gasteiger partial charge on any atom is 0.160 e. The van der Waals surface area contributed by atoms with Gasteiger partial charge in [-0.15, -0.1) is 0 Å². The summed E-state index contributed by atoms with van der Waals surface area (Å²) >= 11 is 0. The molecule has 47 heavy (non-hydrogen) atoms. The van der Waals surface area contributed by atoms with Crippen molar-refractivity contribution in [2.24, 2.45) is 0 Å². The summed E-state index contributed by atoms with van der Waals surface area (Å²) < 4.78 is 0. The maximum absolute atomic E-state index is 5.17. The van der Waals surface area contributed by atoms with Gasteiger partial charge in [0.2, 0.25) is 0 Å². The van der Waals surface area contributed by atoms with Gasteiger partial charge in [-0.1, -0.05) is 115 Å². The molecule has 0 spiro atoms. The Bertz CT molecular complexity index is 2180. The lowest BCUT2D eigenvalue weighted by atomic mass is 9.91. The fraction of sp³-hybridized carbons (Fsp3) is 0.0682. The van der Waals surface area contributed by atoms with Crippen molar-refractivity contribution in [1.29, 1.82) is 0 Å². The van der Waals surface area contributed by atoms with Crippen molar-refractivity contribution < 1.29 is 0 Å². The van der Waals surface area contributed by atoms with Crippen molar-refractivity contribution in [3.63, 3.8) is 0 Å². The molecule has 224 valence electrons. The fourth-order valence-corrected chi connectivity index (χ4v) is 6.32. The van der Waals surface area contributed by atoms with Crippen molar-refractivity contribution in [2.75, 3.05) is 0 Å². The van der Waals surface area contributed by atoms with Crippen LogP contribution in [0.5, 0.6) is 0 Å². The second-order valence-electron chi connectivity index (χ2n) is 12.1. The summed E-state index contributed by atoms with van der Waals surface area (Å²) in [6.07, 6.45) is 6.71. The third kappa shape index (κ3) is 6.04. The summed E-state index contributed by atoms with van der Waals surface area (Å²) in [5, 5.41) is 0. The van der Waals surface area contributed by atoms with Gasteiger partial charge in [-0.05, 0) is 95.6 Å². The Balaban J connectivity index is 1.30. The highest BCUT2D eigenvalue weighted by Gasteiger charge is 2.15. The zero-order valence-electron chi connectivity index (χ0n) is 26.3. The number of rotatable bonds is 6. The first-order chi connectivity index (χ1) is 23.2. The summed E-state index contributed by atoms with van der Waals surface area (Å²) in [7, 11) is 0. The number of fused-ring (bicyclic) bond motifs is 1. The minimum atomic E-state index is 0.701. The molecule has 8 rings (SSSR count). The first-order valence-corrected chi connectivity index (χ1v) is 16.2. The lowest BCUT2D eigenvalue weighted by molar-refractivity contribution is 0.986. The van der Waals surface area contributed by atoms with Crippen LogP contribution in [0.1, 0.15) is 23.2 Å². The molecule has 0 unspecified atom stereocenters. The third-order valence-electron chi connectivity index (χ3n) is 8.82. The van der Waals surface area contributed by atoms with Crippen molar-refractivity contribution in [1.82, 2.24) is 15.0 Å². The fourth-order valence-electron chi connectivity index (χ4n) is 6.32. The Kier molecular flexibility index (Phi) is 7.56. The van der Waals surface area contributed by atoms with Gasteiger partial charge in [0.1, 0.15) is 0 Å². The molecule has 0 N–H and O–H groups in total. The van der Waals surface area contributed by atoms with E-state index in [2.05, 4.69) is 140 Å². The van der Waals surface area contributed by atoms with Gasteiger partial charge in [-0.25, -0.2) is 9.97 Å². The lowest BCUT2D eigenvalue weighted by Crippen LogP contribution is -1.97. The summed E-state index contributed by atoms with van der Waals surface area (Å²) in [6.45, 7) is 2.03. The van der Waals surface area contributed by atoms with Gasteiger partial charge in [-0.2, -0.15) is 0 Å². The lowest BCUT2D eigenvalue weighted by Gasteiger charge is -2.15. The molecule has 1 aliphatic rings. The molecule has 0 aliphatic heterocycles. The van der Waals surface area contributed by atoms with Crippen LogP contribution in [-0.4, -0.2) is 15.0 Å². The molecular weight excluding hydrogens is 571 g/mol. The number of aryl methyl sites for hydroxylation is 2. The van der Waals surface area contributed by atoms with Crippen LogP contribution < -0.4 is 0 Å². The van der Waals surface area contributed by atoms with E-state index in [1.54, 1.807) is 0 Å². The molecule has 0 saturated heterocycles. The zero-order chi connectivity index (χ0) is 31.6. The van der Waals surface area contributed by atoms with Crippen molar-refractivity contribution in [3.05, 3.63) is 168 Å². The van der Waals surface area contributed by atoms with E-state index in [9.17, 15) is 0 Å². The summed E-state index contributed by atoms with van der Waals surface area (Å²) in [5.74, 6) is 0.701. The van der Waals surface area contributed by atoms with Crippen LogP contribution in [0.4, 0.5) is 0 Å². The SMILES string of the molecule is Cc1cccc(-c2ccc(-c3cc(-c4ccc5c(c4)C=CCC5)cc(-c4nc(-c5ccccc5)cc(-c5ccccc5)n4)c3)cc2)n1. The molecule has 0 bridgehead atoms. The molecule has 5 aromatic carbocycles. The van der Waals surface area contributed by atoms with Crippen molar-refractivity contribution in [3.8, 4) is 67.4 Å². The predicted molar refractivity (Wildman–Crippen MR) is 195 cm³/mol. The summed E-state index contributed by atoms with van der Waals surface area (Å²) in [4.78, 5) is 15.1. The Morgan fingerprint density at radius 3 is 1.70 bits per heavy atom. The predicted octanol–water partition coefficient (Wildman–Crippen LogP) is 11.1. The first kappa shape index (κ1) is 28.5. The molecule has 1 aliphatic carbocycles. The maximum atomic E-state index is 5.17. The van der Waals surface area contributed by atoms with Crippen LogP contribution in [0, 0.1) is 6.92 Å². The van der Waals surface area contributed by atoms with E-state index in [-0.39, 0.29) is 0 Å². The van der Waals surface area contributed by atoms with Crippen LogP contribution in [0.25, 0.3) is 73.5 Å². The van der Waals surface area contributed by atoms with Gasteiger partial charge in [0, 0.05) is 27.9 Å². The van der Waals surface area contributed by atoms with Gasteiger partial charge >= 0.3 is 0 Å². The molecule has 3 heteroatoms. The normalized spacial score (nSPS) is 12.1. The highest BCUT2D eigenvalue weighted by molar-refractivity contribution is 5.82. The van der Waals surface area contributed by atoms with Crippen LogP contribution >= 0.6 is 0 Å². The molecule has 2 heterocycles. The number of pyridine rings is 1. The molecule has 3 nitrogen and oxygen atoms in total. The second-order valence-corrected chi connectivity index (χ2v) is 12.1. The van der Waals surface area contributed by atoms with Gasteiger partial charge in [-0.3, -0.25) is 4.98 Å². The van der Waals surface area contributed by atoms with E-state index in [4.69, 9.17) is 15.0 Å². The molecule has 0 fully saturated rings. The van der Waals surface area contributed by atoms with E-state index in [1.165, 1.54) is 16.7 Å². The van der Waals surface area contributed by atoms with E-state index in [0.29, 0.717) is 5.82 Å². The van der Waals surface area contributed by atoms with Gasteiger partial charge in [0.05, 0.1) is 17.1 Å². The summed E-state index contributed by atoms with van der Waals surface area (Å²) in [6, 6.07) is 51.2. The molecule has 0 saturated carbocycles. The van der Waals surface area contributed by atoms with Crippen molar-refractivity contribution in [2.45, 2.75) is 19.8 Å². The standard InChI is InChI=1S/C44H33N3/c1-30-11-10-18-41(45-30)35-22-19-32(20-23-35)38-26-39(37-24-21-31-12-8-9-17-36(31)25-37)28-40(27-38)44-46-42(33-13-4-2-5-14-33)29-43(47-44)34-15-6-3-7-16-34/h2-7,9-11,13-29H,8,12H2,1H3. The summed E-state index contributed by atoms with van der Waals surface area (Å²) in [5.41, 5.74) is 15.2. The van der Waals surface area contributed by atoms with Crippen molar-refractivity contribution >= 4 is 6.08 Å². The smallest absolute Gasteiger partial charge is 0.160 e. The number of allylic oxidation sites excluding steroid dienone is 1. The van der Waals surface area contributed by atoms with Gasteiger partial charge in [0.15, 0.2) is 5.82 Å². The van der Waals surface area contributed by atoms with E-state index >= 15 is 0 Å². The molecule has 7 aromatic rings. The molecule has 0 radical (unpaired) electrons. The van der Waals surface area contributed by atoms with Crippen LogP contribution in [0.2, 0.25) is 0 Å². The molecular formula is C44H33N3. The van der Waals surface area contributed by atoms with Crippen LogP contribution in [-0.2, 0) is 6.42 Å². The average molecular weight is 604 g/mol. The first-order valence-electron chi connectivity index (χ1n) is 16.2. The minimum absolute atomic E-state index is 0.701. The molecule has 0 atom stereocenters. The average Bonchev–Trinajstić information content (AvgIpc) is 3.15. The van der Waals surface area contributed by atoms with E-state index in [1.807, 2.05) is 25.1 Å². The third-order valence-corrected chi connectivity index (χ3v) is 8.82. The molecule has 0 amide bonds. The number of hydrogen-bond acceptors (Lipinski definition) is 3. The number of nitrogens with zero attached hydrogens (tertiary/aromatic N) is 3. The highest BCUT2D eigenvalue weighted by Crippen LogP contribution is 2.36. The Hall–Kier alpha value is -5.93. The highest BCUT2D eigenvalue weighted by atomic mass is 14.9. The van der Waals surface area contributed by atoms with Gasteiger partial charge in [0.25, 0.3) is 0 Å². The largest absolute Gasteiger partial charge is 0.253 e. The second kappa shape index (κ2) is 12.5. The quantitative estimate of drug-likeness (QED) is 0.190. The zero-order valence-corrected chi connectivity index (χ0v) is 26.3. The van der Waals surface area contributed by atoms with Crippen LogP contribution in [0.15, 0.2) is 152 Å². The Labute approximate surface area is 276 Å². The Morgan fingerprint density at radius 2 is 1.02 bits per heavy atom. The van der Waals surface area contributed by atoms with E-state index < -0.39 is 0 Å². The number of benzene rings is 5. The van der Waals surface area contributed by atoms with E-state index in [0.717, 1.165) is 74.6 Å².